The Morgan fingerprint density at radius 2 is 1.90 bits per heavy atom. The topological polar surface area (TPSA) is 24.4 Å². The van der Waals surface area contributed by atoms with E-state index in [-0.39, 0.29) is 5.54 Å². The second-order valence-electron chi connectivity index (χ2n) is 3.15. The van der Waals surface area contributed by atoms with Crippen LogP contribution in [0.1, 0.15) is 27.7 Å². The Morgan fingerprint density at radius 3 is 2.30 bits per heavy atom. The van der Waals surface area contributed by atoms with Crippen molar-refractivity contribution in [3.63, 3.8) is 0 Å². The summed E-state index contributed by atoms with van der Waals surface area (Å²) < 4.78 is 0. The first-order chi connectivity index (χ1) is 4.56. The van der Waals surface area contributed by atoms with Crippen LogP contribution < -0.4 is 5.32 Å². The minimum atomic E-state index is 0.116. The van der Waals surface area contributed by atoms with Crippen LogP contribution in [0.4, 0.5) is 0 Å². The second-order valence-corrected chi connectivity index (χ2v) is 3.15. The molecule has 10 heavy (non-hydrogen) atoms. The highest BCUT2D eigenvalue weighted by Crippen LogP contribution is 1.95. The number of hydrogen-bond acceptors (Lipinski definition) is 1. The van der Waals surface area contributed by atoms with Gasteiger partial charge in [-0.25, -0.2) is 4.99 Å². The lowest BCUT2D eigenvalue weighted by Gasteiger charge is -2.17. The molecule has 0 aromatic heterocycles. The lowest BCUT2D eigenvalue weighted by Crippen LogP contribution is -2.34. The summed E-state index contributed by atoms with van der Waals surface area (Å²) >= 11 is 0. The molecule has 0 radical (unpaired) electrons. The lowest BCUT2D eigenvalue weighted by molar-refractivity contribution is 0.517. The summed E-state index contributed by atoms with van der Waals surface area (Å²) in [7, 11) is 0. The molecule has 0 aromatic rings. The van der Waals surface area contributed by atoms with Gasteiger partial charge in [-0.2, -0.15) is 0 Å². The molecule has 0 fully saturated rings. The summed E-state index contributed by atoms with van der Waals surface area (Å²) in [6, 6.07) is 0. The lowest BCUT2D eigenvalue weighted by atomic mass is 10.1. The highest BCUT2D eigenvalue weighted by Gasteiger charge is 2.04. The predicted octanol–water partition coefficient (Wildman–Crippen LogP) is 1.94. The molecule has 0 amide bonds. The molecule has 2 nitrogen and oxygen atoms in total. The monoisotopic (exact) mass is 140 g/mol. The Bertz CT molecular complexity index is 129. The van der Waals surface area contributed by atoms with E-state index in [1.807, 2.05) is 13.0 Å². The first-order valence-electron chi connectivity index (χ1n) is 3.47. The molecule has 0 bridgehead atoms. The van der Waals surface area contributed by atoms with Gasteiger partial charge >= 0.3 is 0 Å². The number of allylic oxidation sites excluding steroid dienone is 1. The third kappa shape index (κ3) is 7.21. The smallest absolute Gasteiger partial charge is 0.0882 e. The summed E-state index contributed by atoms with van der Waals surface area (Å²) in [4.78, 5) is 3.96. The van der Waals surface area contributed by atoms with E-state index in [2.05, 4.69) is 31.1 Å². The standard InChI is InChI=1S/C8H16N2/c1-5-6-9-7-10-8(2,3)4/h5-7H,1-4H3,(H,9,10)/b6-5-. The first kappa shape index (κ1) is 9.21. The SMILES string of the molecule is C/C=C\N=C/NC(C)(C)C. The first-order valence-corrected chi connectivity index (χ1v) is 3.47. The van der Waals surface area contributed by atoms with Crippen LogP contribution in [0.2, 0.25) is 0 Å². The molecule has 0 aliphatic rings. The molecule has 0 unspecified atom stereocenters. The maximum atomic E-state index is 3.96. The van der Waals surface area contributed by atoms with Crippen molar-refractivity contribution < 1.29 is 0 Å². The predicted molar refractivity (Wildman–Crippen MR) is 46.2 cm³/mol. The van der Waals surface area contributed by atoms with E-state index in [0.717, 1.165) is 0 Å². The van der Waals surface area contributed by atoms with Gasteiger partial charge in [0.05, 0.1) is 6.34 Å². The van der Waals surface area contributed by atoms with Crippen molar-refractivity contribution in [2.24, 2.45) is 4.99 Å². The summed E-state index contributed by atoms with van der Waals surface area (Å²) in [5.74, 6) is 0. The second kappa shape index (κ2) is 4.09. The van der Waals surface area contributed by atoms with Crippen molar-refractivity contribution in [3.8, 4) is 0 Å². The van der Waals surface area contributed by atoms with E-state index >= 15 is 0 Å². The van der Waals surface area contributed by atoms with Gasteiger partial charge in [0, 0.05) is 11.7 Å². The average Bonchev–Trinajstić information content (AvgIpc) is 1.78. The van der Waals surface area contributed by atoms with Crippen molar-refractivity contribution in [1.82, 2.24) is 5.32 Å². The molecule has 0 aromatic carbocycles. The fourth-order valence-electron chi connectivity index (χ4n) is 0.360. The normalized spacial score (nSPS) is 13.2. The summed E-state index contributed by atoms with van der Waals surface area (Å²) in [6.45, 7) is 8.21. The van der Waals surface area contributed by atoms with Crippen LogP contribution in [0.25, 0.3) is 0 Å². The minimum Gasteiger partial charge on any atom is -0.371 e. The molecule has 0 heterocycles. The van der Waals surface area contributed by atoms with Gasteiger partial charge in [0.25, 0.3) is 0 Å². The Hall–Kier alpha value is -0.790. The van der Waals surface area contributed by atoms with Gasteiger partial charge in [-0.15, -0.1) is 0 Å². The fraction of sp³-hybridized carbons (Fsp3) is 0.625. The minimum absolute atomic E-state index is 0.116. The summed E-state index contributed by atoms with van der Waals surface area (Å²) in [5, 5.41) is 3.11. The van der Waals surface area contributed by atoms with Crippen LogP contribution in [-0.4, -0.2) is 11.9 Å². The van der Waals surface area contributed by atoms with E-state index in [1.165, 1.54) is 0 Å². The molecular weight excluding hydrogens is 124 g/mol. The van der Waals surface area contributed by atoms with Gasteiger partial charge in [0.15, 0.2) is 0 Å². The molecule has 58 valence electrons. The highest BCUT2D eigenvalue weighted by molar-refractivity contribution is 5.56. The molecule has 2 heteroatoms. The van der Waals surface area contributed by atoms with Crippen molar-refractivity contribution >= 4 is 6.34 Å². The van der Waals surface area contributed by atoms with Crippen LogP contribution in [0.15, 0.2) is 17.3 Å². The van der Waals surface area contributed by atoms with Crippen LogP contribution in [0.3, 0.4) is 0 Å². The summed E-state index contributed by atoms with van der Waals surface area (Å²) in [6.07, 6.45) is 5.35. The van der Waals surface area contributed by atoms with Crippen molar-refractivity contribution in [1.29, 1.82) is 0 Å². The molecule has 1 N–H and O–H groups in total. The number of hydrogen-bond donors (Lipinski definition) is 1. The van der Waals surface area contributed by atoms with Gasteiger partial charge < -0.3 is 5.32 Å². The number of nitrogens with one attached hydrogen (secondary N) is 1. The largest absolute Gasteiger partial charge is 0.371 e. The van der Waals surface area contributed by atoms with E-state index < -0.39 is 0 Å². The van der Waals surface area contributed by atoms with E-state index in [4.69, 9.17) is 0 Å². The molecule has 0 saturated carbocycles. The zero-order valence-electron chi connectivity index (χ0n) is 7.18. The molecule has 0 atom stereocenters. The quantitative estimate of drug-likeness (QED) is 0.460. The maximum absolute atomic E-state index is 3.96. The van der Waals surface area contributed by atoms with Crippen LogP contribution >= 0.6 is 0 Å². The molecule has 0 spiro atoms. The van der Waals surface area contributed by atoms with Crippen molar-refractivity contribution in [2.45, 2.75) is 33.2 Å². The third-order valence-corrected chi connectivity index (χ3v) is 0.807. The van der Waals surface area contributed by atoms with Gasteiger partial charge in [0.2, 0.25) is 0 Å². The zero-order chi connectivity index (χ0) is 8.04. The molecule has 0 saturated heterocycles. The van der Waals surface area contributed by atoms with E-state index in [1.54, 1.807) is 12.5 Å². The van der Waals surface area contributed by atoms with Crippen molar-refractivity contribution in [3.05, 3.63) is 12.3 Å². The van der Waals surface area contributed by atoms with Gasteiger partial charge in [-0.1, -0.05) is 6.08 Å². The molecule has 0 rings (SSSR count). The van der Waals surface area contributed by atoms with E-state index in [0.29, 0.717) is 0 Å². The maximum Gasteiger partial charge on any atom is 0.0882 e. The molecule has 0 aliphatic carbocycles. The zero-order valence-corrected chi connectivity index (χ0v) is 7.18. The van der Waals surface area contributed by atoms with Gasteiger partial charge in [-0.3, -0.25) is 0 Å². The number of nitrogens with zero attached hydrogens (tertiary/aromatic N) is 1. The Kier molecular flexibility index (Phi) is 3.77. The third-order valence-electron chi connectivity index (χ3n) is 0.807. The Labute approximate surface area is 63.0 Å². The number of rotatable bonds is 2. The fourth-order valence-corrected chi connectivity index (χ4v) is 0.360. The molecular formula is C8H16N2. The Balaban J connectivity index is 3.54. The van der Waals surface area contributed by atoms with Crippen LogP contribution in [0.5, 0.6) is 0 Å². The van der Waals surface area contributed by atoms with E-state index in [9.17, 15) is 0 Å². The number of aliphatic imine (C=N–C) groups is 1. The summed E-state index contributed by atoms with van der Waals surface area (Å²) in [5.41, 5.74) is 0.116. The molecule has 0 aliphatic heterocycles. The van der Waals surface area contributed by atoms with Crippen LogP contribution in [-0.2, 0) is 0 Å². The highest BCUT2D eigenvalue weighted by atomic mass is 15.0. The van der Waals surface area contributed by atoms with Gasteiger partial charge in [0.1, 0.15) is 0 Å². The van der Waals surface area contributed by atoms with Gasteiger partial charge in [-0.05, 0) is 27.7 Å². The van der Waals surface area contributed by atoms with Crippen molar-refractivity contribution in [2.75, 3.05) is 0 Å². The Morgan fingerprint density at radius 1 is 1.30 bits per heavy atom. The van der Waals surface area contributed by atoms with Crippen LogP contribution in [0, 0.1) is 0 Å². The average molecular weight is 140 g/mol.